The zero-order valence-electron chi connectivity index (χ0n) is 15.2. The van der Waals surface area contributed by atoms with Gasteiger partial charge in [0.15, 0.2) is 0 Å². The molecule has 0 radical (unpaired) electrons. The molecule has 1 atom stereocenters. The van der Waals surface area contributed by atoms with E-state index in [9.17, 15) is 14.0 Å². The van der Waals surface area contributed by atoms with Gasteiger partial charge < -0.3 is 9.80 Å². The number of halogens is 1. The number of benzene rings is 1. The largest absolute Gasteiger partial charge is 0.345 e. The highest BCUT2D eigenvalue weighted by Gasteiger charge is 2.45. The van der Waals surface area contributed by atoms with Crippen LogP contribution in [0.25, 0.3) is 0 Å². The Balaban J connectivity index is 1.73. The van der Waals surface area contributed by atoms with E-state index in [1.54, 1.807) is 42.1 Å². The molecule has 0 aromatic heterocycles. The molecule has 0 N–H and O–H groups in total. The number of hydrogen-bond donors (Lipinski definition) is 0. The van der Waals surface area contributed by atoms with Gasteiger partial charge in [0.05, 0.1) is 0 Å². The number of amides is 2. The molecule has 1 aromatic carbocycles. The van der Waals surface area contributed by atoms with Crippen molar-refractivity contribution in [2.24, 2.45) is 5.41 Å². The number of rotatable bonds is 3. The monoisotopic (exact) mass is 347 g/mol. The Kier molecular flexibility index (Phi) is 4.82. The van der Waals surface area contributed by atoms with Gasteiger partial charge in [0.1, 0.15) is 11.9 Å². The predicted octanol–water partition coefficient (Wildman–Crippen LogP) is 1.90. The van der Waals surface area contributed by atoms with Crippen molar-refractivity contribution in [1.82, 2.24) is 14.7 Å². The summed E-state index contributed by atoms with van der Waals surface area (Å²) in [6.45, 7) is 2.02. The summed E-state index contributed by atoms with van der Waals surface area (Å²) in [4.78, 5) is 30.3. The fraction of sp³-hybridized carbons (Fsp3) is 0.579. The minimum atomic E-state index is -0.622. The summed E-state index contributed by atoms with van der Waals surface area (Å²) in [6, 6.07) is 5.84. The van der Waals surface area contributed by atoms with E-state index in [2.05, 4.69) is 0 Å². The first-order valence-corrected chi connectivity index (χ1v) is 8.77. The molecule has 5 nitrogen and oxygen atoms in total. The second-order valence-corrected chi connectivity index (χ2v) is 7.64. The van der Waals surface area contributed by atoms with Crippen LogP contribution in [0.3, 0.4) is 0 Å². The van der Waals surface area contributed by atoms with Crippen molar-refractivity contribution < 1.29 is 14.0 Å². The Morgan fingerprint density at radius 2 is 1.88 bits per heavy atom. The van der Waals surface area contributed by atoms with E-state index in [1.165, 1.54) is 6.07 Å². The van der Waals surface area contributed by atoms with Gasteiger partial charge in [0.2, 0.25) is 11.8 Å². The van der Waals surface area contributed by atoms with E-state index in [-0.39, 0.29) is 23.0 Å². The zero-order chi connectivity index (χ0) is 18.2. The van der Waals surface area contributed by atoms with E-state index < -0.39 is 6.04 Å². The van der Waals surface area contributed by atoms with Crippen LogP contribution >= 0.6 is 0 Å². The fourth-order valence-electron chi connectivity index (χ4n) is 4.14. The van der Waals surface area contributed by atoms with Crippen LogP contribution in [0, 0.1) is 11.2 Å². The summed E-state index contributed by atoms with van der Waals surface area (Å²) in [6.07, 6.45) is 2.23. The van der Waals surface area contributed by atoms with Crippen LogP contribution in [0.2, 0.25) is 0 Å². The molecule has 25 heavy (non-hydrogen) atoms. The molecule has 2 amide bonds. The molecule has 1 aromatic rings. The molecule has 2 aliphatic rings. The average Bonchev–Trinajstić information content (AvgIpc) is 2.83. The number of likely N-dealkylation sites (N-methyl/N-ethyl adjacent to an activating group) is 1. The Bertz CT molecular complexity index is 668. The number of piperidine rings is 1. The standard InChI is InChI=1S/C19H26FN3O2/c1-21(2)17(14-6-4-5-7-15(14)20)18(25)23-10-8-19(9-11-23)12-16(24)22(3)13-19/h4-7,17H,8-13H2,1-3H3. The maximum Gasteiger partial charge on any atom is 0.244 e. The lowest BCUT2D eigenvalue weighted by molar-refractivity contribution is -0.138. The lowest BCUT2D eigenvalue weighted by atomic mass is 9.77. The van der Waals surface area contributed by atoms with Crippen molar-refractivity contribution in [2.75, 3.05) is 40.8 Å². The number of carbonyl (C=O) groups excluding carboxylic acids is 2. The molecule has 1 spiro atoms. The van der Waals surface area contributed by atoms with E-state index >= 15 is 0 Å². The molecule has 0 saturated carbocycles. The van der Waals surface area contributed by atoms with Crippen molar-refractivity contribution in [3.8, 4) is 0 Å². The maximum absolute atomic E-state index is 14.2. The van der Waals surface area contributed by atoms with Gasteiger partial charge in [0, 0.05) is 44.1 Å². The van der Waals surface area contributed by atoms with Gasteiger partial charge in [0.25, 0.3) is 0 Å². The van der Waals surface area contributed by atoms with Crippen LogP contribution in [0.15, 0.2) is 24.3 Å². The highest BCUT2D eigenvalue weighted by Crippen LogP contribution is 2.41. The third kappa shape index (κ3) is 3.40. The first-order valence-electron chi connectivity index (χ1n) is 8.77. The van der Waals surface area contributed by atoms with Gasteiger partial charge in [-0.2, -0.15) is 0 Å². The molecule has 2 saturated heterocycles. The molecule has 3 rings (SSSR count). The highest BCUT2D eigenvalue weighted by atomic mass is 19.1. The van der Waals surface area contributed by atoms with Crippen LogP contribution in [-0.2, 0) is 9.59 Å². The van der Waals surface area contributed by atoms with E-state index in [4.69, 9.17) is 0 Å². The van der Waals surface area contributed by atoms with Crippen molar-refractivity contribution in [3.05, 3.63) is 35.6 Å². The molecule has 136 valence electrons. The van der Waals surface area contributed by atoms with Gasteiger partial charge >= 0.3 is 0 Å². The fourth-order valence-corrected chi connectivity index (χ4v) is 4.14. The molecular weight excluding hydrogens is 321 g/mol. The number of likely N-dealkylation sites (tertiary alicyclic amines) is 2. The summed E-state index contributed by atoms with van der Waals surface area (Å²) in [5, 5.41) is 0. The van der Waals surface area contributed by atoms with Crippen LogP contribution in [-0.4, -0.2) is 67.3 Å². The van der Waals surface area contributed by atoms with Crippen molar-refractivity contribution in [1.29, 1.82) is 0 Å². The van der Waals surface area contributed by atoms with E-state index in [1.807, 2.05) is 11.9 Å². The second-order valence-electron chi connectivity index (χ2n) is 7.64. The van der Waals surface area contributed by atoms with Crippen molar-refractivity contribution >= 4 is 11.8 Å². The van der Waals surface area contributed by atoms with Crippen LogP contribution < -0.4 is 0 Å². The molecule has 1 unspecified atom stereocenters. The Morgan fingerprint density at radius 3 is 2.40 bits per heavy atom. The Labute approximate surface area is 148 Å². The van der Waals surface area contributed by atoms with Gasteiger partial charge in [-0.05, 0) is 33.0 Å². The van der Waals surface area contributed by atoms with Gasteiger partial charge in [-0.15, -0.1) is 0 Å². The van der Waals surface area contributed by atoms with Crippen LogP contribution in [0.1, 0.15) is 30.9 Å². The third-order valence-electron chi connectivity index (χ3n) is 5.61. The molecule has 0 bridgehead atoms. The molecule has 0 aliphatic carbocycles. The lowest BCUT2D eigenvalue weighted by Gasteiger charge is -2.40. The molecule has 6 heteroatoms. The second kappa shape index (κ2) is 6.75. The van der Waals surface area contributed by atoms with Crippen molar-refractivity contribution in [3.63, 3.8) is 0 Å². The number of nitrogens with zero attached hydrogens (tertiary/aromatic N) is 3. The van der Waals surface area contributed by atoms with E-state index in [0.717, 1.165) is 19.4 Å². The SMILES string of the molecule is CN1CC2(CCN(C(=O)C(c3ccccc3F)N(C)C)CC2)CC1=O. The van der Waals surface area contributed by atoms with Crippen molar-refractivity contribution in [2.45, 2.75) is 25.3 Å². The molecule has 2 fully saturated rings. The minimum absolute atomic E-state index is 0.00816. The quantitative estimate of drug-likeness (QED) is 0.839. The molecule has 2 heterocycles. The topological polar surface area (TPSA) is 43.9 Å². The van der Waals surface area contributed by atoms with Gasteiger partial charge in [-0.25, -0.2) is 4.39 Å². The average molecular weight is 347 g/mol. The number of carbonyl (C=O) groups is 2. The molecule has 2 aliphatic heterocycles. The summed E-state index contributed by atoms with van der Waals surface area (Å²) in [5.74, 6) is -0.231. The number of hydrogen-bond acceptors (Lipinski definition) is 3. The summed E-state index contributed by atoms with van der Waals surface area (Å²) in [7, 11) is 5.44. The minimum Gasteiger partial charge on any atom is -0.345 e. The summed E-state index contributed by atoms with van der Waals surface area (Å²) in [5.41, 5.74) is 0.419. The lowest BCUT2D eigenvalue weighted by Crippen LogP contribution is -2.48. The van der Waals surface area contributed by atoms with E-state index in [0.29, 0.717) is 25.1 Å². The summed E-state index contributed by atoms with van der Waals surface area (Å²) < 4.78 is 14.2. The Hall–Kier alpha value is -1.95. The van der Waals surface area contributed by atoms with Crippen LogP contribution in [0.4, 0.5) is 4.39 Å². The first-order chi connectivity index (χ1) is 11.8. The normalized spacial score (nSPS) is 21.2. The predicted molar refractivity (Wildman–Crippen MR) is 93.3 cm³/mol. The first kappa shape index (κ1) is 17.9. The van der Waals surface area contributed by atoms with Gasteiger partial charge in [-0.3, -0.25) is 14.5 Å². The van der Waals surface area contributed by atoms with Crippen LogP contribution in [0.5, 0.6) is 0 Å². The summed E-state index contributed by atoms with van der Waals surface area (Å²) >= 11 is 0. The van der Waals surface area contributed by atoms with Gasteiger partial charge in [-0.1, -0.05) is 18.2 Å². The Morgan fingerprint density at radius 1 is 1.24 bits per heavy atom. The molecular formula is C19H26FN3O2. The third-order valence-corrected chi connectivity index (χ3v) is 5.61. The highest BCUT2D eigenvalue weighted by molar-refractivity contribution is 5.84. The smallest absolute Gasteiger partial charge is 0.244 e. The maximum atomic E-state index is 14.2. The zero-order valence-corrected chi connectivity index (χ0v) is 15.2.